The van der Waals surface area contributed by atoms with Crippen molar-refractivity contribution in [2.24, 2.45) is 5.73 Å². The van der Waals surface area contributed by atoms with Crippen molar-refractivity contribution in [2.75, 3.05) is 0 Å². The van der Waals surface area contributed by atoms with Crippen molar-refractivity contribution >= 4 is 5.97 Å². The van der Waals surface area contributed by atoms with E-state index in [4.69, 9.17) is 10.8 Å². The maximum atomic E-state index is 10.7. The van der Waals surface area contributed by atoms with Crippen LogP contribution >= 0.6 is 0 Å². The molecule has 1 aromatic carbocycles. The van der Waals surface area contributed by atoms with Crippen LogP contribution in [0, 0.1) is 0 Å². The van der Waals surface area contributed by atoms with E-state index in [2.05, 4.69) is 12.1 Å². The second-order valence-corrected chi connectivity index (χ2v) is 4.81. The number of carbonyl (C=O) groups is 1. The van der Waals surface area contributed by atoms with Gasteiger partial charge in [-0.05, 0) is 48.8 Å². The third-order valence-electron chi connectivity index (χ3n) is 3.44. The van der Waals surface area contributed by atoms with E-state index < -0.39 is 12.0 Å². The van der Waals surface area contributed by atoms with E-state index >= 15 is 0 Å². The Hall–Kier alpha value is -1.35. The molecule has 0 spiro atoms. The van der Waals surface area contributed by atoms with Crippen LogP contribution in [0.5, 0.6) is 0 Å². The summed E-state index contributed by atoms with van der Waals surface area (Å²) >= 11 is 0. The lowest BCUT2D eigenvalue weighted by atomic mass is 9.97. The predicted molar refractivity (Wildman–Crippen MR) is 67.0 cm³/mol. The first kappa shape index (κ1) is 12.1. The van der Waals surface area contributed by atoms with Gasteiger partial charge in [-0.2, -0.15) is 0 Å². The van der Waals surface area contributed by atoms with Gasteiger partial charge in [0.2, 0.25) is 0 Å². The van der Waals surface area contributed by atoms with E-state index in [9.17, 15) is 4.79 Å². The predicted octanol–water partition coefficient (Wildman–Crippen LogP) is 1.91. The molecular weight excluding hydrogens is 214 g/mol. The Bertz CT molecular complexity index is 415. The first-order valence-corrected chi connectivity index (χ1v) is 6.26. The molecule has 0 heterocycles. The number of benzene rings is 1. The molecule has 0 saturated carbocycles. The summed E-state index contributed by atoms with van der Waals surface area (Å²) in [6.45, 7) is 0. The highest BCUT2D eigenvalue weighted by Crippen LogP contribution is 2.22. The molecule has 0 aromatic heterocycles. The number of hydrogen-bond donors (Lipinski definition) is 2. The average molecular weight is 233 g/mol. The van der Waals surface area contributed by atoms with E-state index in [1.54, 1.807) is 0 Å². The zero-order chi connectivity index (χ0) is 12.3. The molecule has 3 heteroatoms. The summed E-state index contributed by atoms with van der Waals surface area (Å²) < 4.78 is 0. The first-order chi connectivity index (χ1) is 8.16. The van der Waals surface area contributed by atoms with Gasteiger partial charge >= 0.3 is 5.97 Å². The number of aliphatic carboxylic acids is 1. The lowest BCUT2D eigenvalue weighted by molar-refractivity contribution is -0.138. The molecule has 17 heavy (non-hydrogen) atoms. The largest absolute Gasteiger partial charge is 0.480 e. The fourth-order valence-electron chi connectivity index (χ4n) is 2.43. The summed E-state index contributed by atoms with van der Waals surface area (Å²) in [7, 11) is 0. The lowest BCUT2D eigenvalue weighted by Crippen LogP contribution is -2.32. The Balaban J connectivity index is 2.15. The van der Waals surface area contributed by atoms with Crippen molar-refractivity contribution in [3.05, 3.63) is 34.9 Å². The molecule has 0 amide bonds. The van der Waals surface area contributed by atoms with Gasteiger partial charge in [-0.3, -0.25) is 4.79 Å². The first-order valence-electron chi connectivity index (χ1n) is 6.26. The van der Waals surface area contributed by atoms with Crippen molar-refractivity contribution in [3.63, 3.8) is 0 Å². The van der Waals surface area contributed by atoms with E-state index in [0.717, 1.165) is 18.4 Å². The number of nitrogens with two attached hydrogens (primary N) is 1. The van der Waals surface area contributed by atoms with Gasteiger partial charge < -0.3 is 10.8 Å². The molecular formula is C14H19NO2. The number of carboxylic acid groups (broad SMARTS) is 1. The monoisotopic (exact) mass is 233 g/mol. The average Bonchev–Trinajstić information content (AvgIpc) is 2.53. The topological polar surface area (TPSA) is 63.3 Å². The molecule has 1 aliphatic carbocycles. The van der Waals surface area contributed by atoms with E-state index in [-0.39, 0.29) is 0 Å². The molecule has 0 aliphatic heterocycles. The number of rotatable bonds is 3. The molecule has 0 bridgehead atoms. The van der Waals surface area contributed by atoms with Gasteiger partial charge in [-0.15, -0.1) is 0 Å². The Morgan fingerprint density at radius 2 is 1.94 bits per heavy atom. The Kier molecular flexibility index (Phi) is 3.79. The van der Waals surface area contributed by atoms with Crippen molar-refractivity contribution < 1.29 is 9.90 Å². The number of fused-ring (bicyclic) bond motifs is 1. The van der Waals surface area contributed by atoms with Gasteiger partial charge in [0.15, 0.2) is 0 Å². The Morgan fingerprint density at radius 1 is 1.24 bits per heavy atom. The maximum absolute atomic E-state index is 10.7. The van der Waals surface area contributed by atoms with Gasteiger partial charge in [0.1, 0.15) is 6.04 Å². The molecule has 0 saturated heterocycles. The third-order valence-corrected chi connectivity index (χ3v) is 3.44. The molecule has 3 N–H and O–H groups in total. The maximum Gasteiger partial charge on any atom is 0.320 e. The summed E-state index contributed by atoms with van der Waals surface area (Å²) in [5.41, 5.74) is 9.41. The smallest absolute Gasteiger partial charge is 0.320 e. The van der Waals surface area contributed by atoms with E-state index in [1.807, 2.05) is 6.07 Å². The number of carboxylic acids is 1. The molecule has 1 aliphatic rings. The van der Waals surface area contributed by atoms with E-state index in [0.29, 0.717) is 6.42 Å². The van der Waals surface area contributed by atoms with Crippen LogP contribution in [0.3, 0.4) is 0 Å². The van der Waals surface area contributed by atoms with Crippen LogP contribution < -0.4 is 5.73 Å². The standard InChI is InChI=1S/C14H19NO2/c15-13(14(16)17)9-10-6-7-11-4-2-1-3-5-12(11)8-10/h6-8,13H,1-5,9,15H2,(H,16,17). The van der Waals surface area contributed by atoms with Gasteiger partial charge in [0.05, 0.1) is 0 Å². The van der Waals surface area contributed by atoms with Crippen LogP contribution in [0.25, 0.3) is 0 Å². The fourth-order valence-corrected chi connectivity index (χ4v) is 2.43. The third kappa shape index (κ3) is 3.07. The summed E-state index contributed by atoms with van der Waals surface area (Å²) in [5.74, 6) is -0.931. The molecule has 2 rings (SSSR count). The molecule has 0 fully saturated rings. The van der Waals surface area contributed by atoms with Gasteiger partial charge in [0, 0.05) is 0 Å². The lowest BCUT2D eigenvalue weighted by Gasteiger charge is -2.10. The van der Waals surface area contributed by atoms with Crippen molar-refractivity contribution in [1.29, 1.82) is 0 Å². The van der Waals surface area contributed by atoms with Crippen LogP contribution in [0.1, 0.15) is 36.0 Å². The van der Waals surface area contributed by atoms with Crippen LogP contribution in [0.2, 0.25) is 0 Å². The van der Waals surface area contributed by atoms with Crippen LogP contribution in [0.4, 0.5) is 0 Å². The minimum absolute atomic E-state index is 0.419. The van der Waals surface area contributed by atoms with Crippen LogP contribution in [-0.2, 0) is 24.1 Å². The molecule has 0 radical (unpaired) electrons. The van der Waals surface area contributed by atoms with Crippen LogP contribution in [0.15, 0.2) is 18.2 Å². The van der Waals surface area contributed by atoms with E-state index in [1.165, 1.54) is 30.4 Å². The molecule has 1 aromatic rings. The highest BCUT2D eigenvalue weighted by molar-refractivity contribution is 5.73. The van der Waals surface area contributed by atoms with Gasteiger partial charge in [-0.25, -0.2) is 0 Å². The Labute approximate surface area is 102 Å². The number of hydrogen-bond acceptors (Lipinski definition) is 2. The Morgan fingerprint density at radius 3 is 2.65 bits per heavy atom. The van der Waals surface area contributed by atoms with Crippen molar-refractivity contribution in [1.82, 2.24) is 0 Å². The number of aryl methyl sites for hydroxylation is 2. The second kappa shape index (κ2) is 5.32. The fraction of sp³-hybridized carbons (Fsp3) is 0.500. The quantitative estimate of drug-likeness (QED) is 0.784. The SMILES string of the molecule is NC(Cc1ccc2c(c1)CCCCC2)C(=O)O. The normalized spacial score (nSPS) is 17.0. The van der Waals surface area contributed by atoms with Crippen molar-refractivity contribution in [2.45, 2.75) is 44.6 Å². The molecule has 1 atom stereocenters. The summed E-state index contributed by atoms with van der Waals surface area (Å²) in [6, 6.07) is 5.51. The summed E-state index contributed by atoms with van der Waals surface area (Å²) in [4.78, 5) is 10.7. The molecule has 92 valence electrons. The highest BCUT2D eigenvalue weighted by atomic mass is 16.4. The summed E-state index contributed by atoms with van der Waals surface area (Å²) in [5, 5.41) is 8.80. The zero-order valence-electron chi connectivity index (χ0n) is 9.98. The second-order valence-electron chi connectivity index (χ2n) is 4.81. The highest BCUT2D eigenvalue weighted by Gasteiger charge is 2.14. The van der Waals surface area contributed by atoms with Crippen molar-refractivity contribution in [3.8, 4) is 0 Å². The van der Waals surface area contributed by atoms with Gasteiger partial charge in [-0.1, -0.05) is 24.6 Å². The summed E-state index contributed by atoms with van der Waals surface area (Å²) in [6.07, 6.45) is 6.48. The molecule has 3 nitrogen and oxygen atoms in total. The zero-order valence-corrected chi connectivity index (χ0v) is 9.98. The molecule has 1 unspecified atom stereocenters. The van der Waals surface area contributed by atoms with Crippen LogP contribution in [-0.4, -0.2) is 17.1 Å². The minimum atomic E-state index is -0.931. The van der Waals surface area contributed by atoms with Gasteiger partial charge in [0.25, 0.3) is 0 Å². The minimum Gasteiger partial charge on any atom is -0.480 e.